The Kier molecular flexibility index (Phi) is 5.34. The summed E-state index contributed by atoms with van der Waals surface area (Å²) in [6.45, 7) is 1.94. The molecule has 2 aromatic carbocycles. The van der Waals surface area contributed by atoms with E-state index in [9.17, 15) is 4.79 Å². The molecule has 3 rings (SSSR count). The molecular weight excluding hydrogens is 352 g/mol. The summed E-state index contributed by atoms with van der Waals surface area (Å²) in [5.41, 5.74) is 2.28. The molecule has 0 bridgehead atoms. The van der Waals surface area contributed by atoms with Gasteiger partial charge in [0.2, 0.25) is 0 Å². The molecule has 0 spiro atoms. The van der Waals surface area contributed by atoms with E-state index in [0.717, 1.165) is 11.3 Å². The number of hydrogen-bond acceptors (Lipinski definition) is 5. The Bertz CT molecular complexity index is 929. The second kappa shape index (κ2) is 7.84. The highest BCUT2D eigenvalue weighted by Gasteiger charge is 2.08. The molecule has 0 saturated heterocycles. The van der Waals surface area contributed by atoms with Gasteiger partial charge in [0.25, 0.3) is 5.91 Å². The number of rotatable bonds is 5. The van der Waals surface area contributed by atoms with Crippen LogP contribution < -0.4 is 15.4 Å². The van der Waals surface area contributed by atoms with Gasteiger partial charge in [-0.1, -0.05) is 23.7 Å². The topological polar surface area (TPSA) is 76.1 Å². The molecule has 0 radical (unpaired) electrons. The number of methoxy groups -OCH3 is 1. The van der Waals surface area contributed by atoms with E-state index in [0.29, 0.717) is 28.0 Å². The number of benzene rings is 2. The second-order valence-electron chi connectivity index (χ2n) is 5.58. The van der Waals surface area contributed by atoms with Gasteiger partial charge in [-0.15, -0.1) is 10.2 Å². The molecule has 0 atom stereocenters. The molecule has 0 aliphatic carbocycles. The van der Waals surface area contributed by atoms with Crippen molar-refractivity contribution in [2.24, 2.45) is 0 Å². The number of nitrogens with one attached hydrogen (secondary N) is 2. The molecule has 3 aromatic rings. The van der Waals surface area contributed by atoms with Crippen LogP contribution in [0, 0.1) is 6.92 Å². The lowest BCUT2D eigenvalue weighted by Crippen LogP contribution is -2.13. The molecule has 0 aliphatic rings. The maximum absolute atomic E-state index is 12.3. The van der Waals surface area contributed by atoms with Crippen molar-refractivity contribution in [3.8, 4) is 5.75 Å². The predicted octanol–water partition coefficient (Wildman–Crippen LogP) is 4.44. The summed E-state index contributed by atoms with van der Waals surface area (Å²) in [5.74, 6) is 1.22. The predicted molar refractivity (Wildman–Crippen MR) is 102 cm³/mol. The Hall–Kier alpha value is -3.12. The first kappa shape index (κ1) is 17.7. The fourth-order valence-corrected chi connectivity index (χ4v) is 2.42. The molecule has 1 amide bonds. The molecular formula is C19H17ClN4O2. The van der Waals surface area contributed by atoms with Crippen molar-refractivity contribution in [3.05, 3.63) is 70.7 Å². The number of nitrogens with zero attached hydrogens (tertiary/aromatic N) is 2. The first-order chi connectivity index (χ1) is 12.5. The number of carbonyl (C=O) groups is 1. The SMILES string of the molecule is COc1cccc(C(=O)Nc2ccc(Nc3ccc(C)c(Cl)c3)nn2)c1. The fraction of sp³-hybridized carbons (Fsp3) is 0.105. The van der Waals surface area contributed by atoms with Gasteiger partial charge in [0.15, 0.2) is 11.6 Å². The van der Waals surface area contributed by atoms with Crippen LogP contribution in [0.4, 0.5) is 17.3 Å². The summed E-state index contributed by atoms with van der Waals surface area (Å²) in [7, 11) is 1.55. The van der Waals surface area contributed by atoms with Crippen molar-refractivity contribution in [3.63, 3.8) is 0 Å². The van der Waals surface area contributed by atoms with Crippen LogP contribution in [0.15, 0.2) is 54.6 Å². The van der Waals surface area contributed by atoms with Gasteiger partial charge in [0, 0.05) is 16.3 Å². The van der Waals surface area contributed by atoms with E-state index in [1.165, 1.54) is 0 Å². The standard InChI is InChI=1S/C19H17ClN4O2/c1-12-6-7-14(11-16(12)20)21-17-8-9-18(24-23-17)22-19(25)13-4-3-5-15(10-13)26-2/h3-11H,1-2H3,(H,21,23)(H,22,24,25). The van der Waals surface area contributed by atoms with Crippen LogP contribution in [0.1, 0.15) is 15.9 Å². The summed E-state index contributed by atoms with van der Waals surface area (Å²) in [6, 6.07) is 15.9. The molecule has 132 valence electrons. The average molecular weight is 369 g/mol. The highest BCUT2D eigenvalue weighted by atomic mass is 35.5. The van der Waals surface area contributed by atoms with Crippen LogP contribution in [-0.4, -0.2) is 23.2 Å². The van der Waals surface area contributed by atoms with Crippen LogP contribution in [0.2, 0.25) is 5.02 Å². The third-order valence-electron chi connectivity index (χ3n) is 3.68. The number of halogens is 1. The number of amides is 1. The van der Waals surface area contributed by atoms with Gasteiger partial charge in [-0.05, 0) is 55.0 Å². The minimum absolute atomic E-state index is 0.288. The van der Waals surface area contributed by atoms with Crippen LogP contribution in [-0.2, 0) is 0 Å². The summed E-state index contributed by atoms with van der Waals surface area (Å²) in [4.78, 5) is 12.3. The van der Waals surface area contributed by atoms with Crippen LogP contribution >= 0.6 is 11.6 Å². The molecule has 0 fully saturated rings. The molecule has 26 heavy (non-hydrogen) atoms. The van der Waals surface area contributed by atoms with Crippen molar-refractivity contribution in [1.29, 1.82) is 0 Å². The number of anilines is 3. The number of carbonyl (C=O) groups excluding carboxylic acids is 1. The normalized spacial score (nSPS) is 10.3. The molecule has 6 nitrogen and oxygen atoms in total. The molecule has 7 heteroatoms. The lowest BCUT2D eigenvalue weighted by atomic mass is 10.2. The minimum atomic E-state index is -0.288. The van der Waals surface area contributed by atoms with Gasteiger partial charge >= 0.3 is 0 Å². The van der Waals surface area contributed by atoms with Crippen LogP contribution in [0.5, 0.6) is 5.75 Å². The van der Waals surface area contributed by atoms with Gasteiger partial charge in [-0.3, -0.25) is 4.79 Å². The van der Waals surface area contributed by atoms with Gasteiger partial charge < -0.3 is 15.4 Å². The zero-order valence-corrected chi connectivity index (χ0v) is 15.0. The number of ether oxygens (including phenoxy) is 1. The summed E-state index contributed by atoms with van der Waals surface area (Å²) in [6.07, 6.45) is 0. The van der Waals surface area contributed by atoms with Crippen molar-refractivity contribution in [1.82, 2.24) is 10.2 Å². The fourth-order valence-electron chi connectivity index (χ4n) is 2.24. The van der Waals surface area contributed by atoms with E-state index in [1.54, 1.807) is 43.5 Å². The third-order valence-corrected chi connectivity index (χ3v) is 4.09. The Morgan fingerprint density at radius 2 is 1.81 bits per heavy atom. The smallest absolute Gasteiger partial charge is 0.256 e. The molecule has 0 unspecified atom stereocenters. The zero-order valence-electron chi connectivity index (χ0n) is 14.3. The summed E-state index contributed by atoms with van der Waals surface area (Å²) < 4.78 is 5.12. The molecule has 0 aliphatic heterocycles. The van der Waals surface area contributed by atoms with E-state index in [2.05, 4.69) is 20.8 Å². The average Bonchev–Trinajstić information content (AvgIpc) is 2.66. The lowest BCUT2D eigenvalue weighted by Gasteiger charge is -2.08. The lowest BCUT2D eigenvalue weighted by molar-refractivity contribution is 0.102. The summed E-state index contributed by atoms with van der Waals surface area (Å²) in [5, 5.41) is 14.6. The molecule has 0 saturated carbocycles. The van der Waals surface area contributed by atoms with Crippen molar-refractivity contribution in [2.45, 2.75) is 6.92 Å². The van der Waals surface area contributed by atoms with Crippen molar-refractivity contribution in [2.75, 3.05) is 17.7 Å². The number of aryl methyl sites for hydroxylation is 1. The van der Waals surface area contributed by atoms with Crippen molar-refractivity contribution < 1.29 is 9.53 Å². The van der Waals surface area contributed by atoms with Crippen LogP contribution in [0.3, 0.4) is 0 Å². The Morgan fingerprint density at radius 3 is 2.50 bits per heavy atom. The molecule has 2 N–H and O–H groups in total. The second-order valence-corrected chi connectivity index (χ2v) is 5.99. The maximum Gasteiger partial charge on any atom is 0.256 e. The van der Waals surface area contributed by atoms with Gasteiger partial charge in [0.1, 0.15) is 5.75 Å². The highest BCUT2D eigenvalue weighted by Crippen LogP contribution is 2.22. The third kappa shape index (κ3) is 4.29. The van der Waals surface area contributed by atoms with E-state index in [-0.39, 0.29) is 5.91 Å². The van der Waals surface area contributed by atoms with Crippen LogP contribution in [0.25, 0.3) is 0 Å². The van der Waals surface area contributed by atoms with Gasteiger partial charge in [-0.25, -0.2) is 0 Å². The minimum Gasteiger partial charge on any atom is -0.497 e. The first-order valence-corrected chi connectivity index (χ1v) is 8.25. The first-order valence-electron chi connectivity index (χ1n) is 7.87. The maximum atomic E-state index is 12.3. The van der Waals surface area contributed by atoms with E-state index >= 15 is 0 Å². The monoisotopic (exact) mass is 368 g/mol. The van der Waals surface area contributed by atoms with E-state index in [4.69, 9.17) is 16.3 Å². The summed E-state index contributed by atoms with van der Waals surface area (Å²) >= 11 is 6.11. The van der Waals surface area contributed by atoms with Gasteiger partial charge in [0.05, 0.1) is 7.11 Å². The Morgan fingerprint density at radius 1 is 1.04 bits per heavy atom. The van der Waals surface area contributed by atoms with E-state index < -0.39 is 0 Å². The highest BCUT2D eigenvalue weighted by molar-refractivity contribution is 6.31. The molecule has 1 heterocycles. The largest absolute Gasteiger partial charge is 0.497 e. The Labute approximate surface area is 156 Å². The van der Waals surface area contributed by atoms with Gasteiger partial charge in [-0.2, -0.15) is 0 Å². The quantitative estimate of drug-likeness (QED) is 0.696. The van der Waals surface area contributed by atoms with Crippen molar-refractivity contribution >= 4 is 34.8 Å². The Balaban J connectivity index is 1.67. The molecule has 1 aromatic heterocycles. The number of aromatic nitrogens is 2. The van der Waals surface area contributed by atoms with E-state index in [1.807, 2.05) is 25.1 Å². The zero-order chi connectivity index (χ0) is 18.5. The number of hydrogen-bond donors (Lipinski definition) is 2.